The van der Waals surface area contributed by atoms with E-state index in [-0.39, 0.29) is 28.9 Å². The number of nitrogens with zero attached hydrogens (tertiary/aromatic N) is 1. The third-order valence-corrected chi connectivity index (χ3v) is 7.78. The maximum absolute atomic E-state index is 14.2. The second-order valence-electron chi connectivity index (χ2n) is 7.65. The minimum absolute atomic E-state index is 0.185. The number of hydrogen-bond acceptors (Lipinski definition) is 3. The van der Waals surface area contributed by atoms with Crippen LogP contribution in [0.3, 0.4) is 0 Å². The third-order valence-electron chi connectivity index (χ3n) is 5.74. The first kappa shape index (κ1) is 20.0. The summed E-state index contributed by atoms with van der Waals surface area (Å²) in [4.78, 5) is 12.2. The van der Waals surface area contributed by atoms with Gasteiger partial charge in [-0.1, -0.05) is 18.6 Å². The Morgan fingerprint density at radius 2 is 1.59 bits per heavy atom. The summed E-state index contributed by atoms with van der Waals surface area (Å²) >= 11 is 0. The first-order chi connectivity index (χ1) is 13.9. The van der Waals surface area contributed by atoms with E-state index in [1.54, 1.807) is 0 Å². The number of rotatable bonds is 4. The van der Waals surface area contributed by atoms with Crippen LogP contribution in [0.15, 0.2) is 53.4 Å². The van der Waals surface area contributed by atoms with Crippen molar-refractivity contribution in [3.63, 3.8) is 0 Å². The predicted octanol–water partition coefficient (Wildman–Crippen LogP) is 3.47. The van der Waals surface area contributed by atoms with Gasteiger partial charge in [0.1, 0.15) is 16.5 Å². The van der Waals surface area contributed by atoms with Crippen molar-refractivity contribution in [3.8, 4) is 0 Å². The van der Waals surface area contributed by atoms with Gasteiger partial charge in [0, 0.05) is 23.7 Å². The number of fused-ring (bicyclic) bond motifs is 2. The lowest BCUT2D eigenvalue weighted by atomic mass is 9.84. The SMILES string of the molecule is O=C(NC1CC2CCCC(C1)N2S(=O)(=O)c1ccccc1F)c1ccc(F)cc1. The Morgan fingerprint density at radius 1 is 0.966 bits per heavy atom. The smallest absolute Gasteiger partial charge is 0.251 e. The van der Waals surface area contributed by atoms with Crippen molar-refractivity contribution in [2.24, 2.45) is 0 Å². The molecule has 0 spiro atoms. The summed E-state index contributed by atoms with van der Waals surface area (Å²) < 4.78 is 55.0. The largest absolute Gasteiger partial charge is 0.349 e. The van der Waals surface area contributed by atoms with Gasteiger partial charge < -0.3 is 5.32 Å². The lowest BCUT2D eigenvalue weighted by Crippen LogP contribution is -2.58. The predicted molar refractivity (Wildman–Crippen MR) is 104 cm³/mol. The van der Waals surface area contributed by atoms with Gasteiger partial charge in [-0.15, -0.1) is 0 Å². The summed E-state index contributed by atoms with van der Waals surface area (Å²) in [6, 6.07) is 9.97. The van der Waals surface area contributed by atoms with Crippen LogP contribution in [0.4, 0.5) is 8.78 Å². The molecule has 2 bridgehead atoms. The second kappa shape index (κ2) is 7.84. The zero-order valence-corrected chi connectivity index (χ0v) is 16.5. The Kier molecular flexibility index (Phi) is 5.40. The molecule has 8 heteroatoms. The monoisotopic (exact) mass is 420 g/mol. The maximum atomic E-state index is 14.2. The molecule has 2 fully saturated rings. The average Bonchev–Trinajstić information content (AvgIpc) is 2.68. The van der Waals surface area contributed by atoms with Crippen molar-refractivity contribution in [1.29, 1.82) is 0 Å². The molecule has 29 heavy (non-hydrogen) atoms. The van der Waals surface area contributed by atoms with E-state index >= 15 is 0 Å². The van der Waals surface area contributed by atoms with Gasteiger partial charge in [0.2, 0.25) is 10.0 Å². The summed E-state index contributed by atoms with van der Waals surface area (Å²) in [5.41, 5.74) is 0.359. The number of benzene rings is 2. The highest BCUT2D eigenvalue weighted by Gasteiger charge is 2.45. The lowest BCUT2D eigenvalue weighted by Gasteiger charge is -2.47. The van der Waals surface area contributed by atoms with Crippen molar-refractivity contribution in [2.75, 3.05) is 0 Å². The van der Waals surface area contributed by atoms with Crippen LogP contribution in [0.25, 0.3) is 0 Å². The fourth-order valence-corrected chi connectivity index (χ4v) is 6.45. The highest BCUT2D eigenvalue weighted by Crippen LogP contribution is 2.38. The molecule has 5 nitrogen and oxygen atoms in total. The summed E-state index contributed by atoms with van der Waals surface area (Å²) in [6.07, 6.45) is 3.19. The molecular weight excluding hydrogens is 398 g/mol. The number of nitrogens with one attached hydrogen (secondary N) is 1. The van der Waals surface area contributed by atoms with Crippen molar-refractivity contribution in [1.82, 2.24) is 9.62 Å². The van der Waals surface area contributed by atoms with Crippen LogP contribution >= 0.6 is 0 Å². The summed E-state index contributed by atoms with van der Waals surface area (Å²) in [5, 5.41) is 2.95. The molecule has 0 radical (unpaired) electrons. The number of sulfonamides is 1. The standard InChI is InChI=1S/C21H22F2N2O3S/c22-15-10-8-14(9-11-15)21(26)24-16-12-17-4-3-5-18(13-16)25(17)29(27,28)20-7-2-1-6-19(20)23/h1-2,6-11,16-18H,3-5,12-13H2,(H,24,26). The molecule has 0 saturated carbocycles. The minimum atomic E-state index is -3.96. The van der Waals surface area contributed by atoms with Gasteiger partial charge >= 0.3 is 0 Å². The molecule has 2 unspecified atom stereocenters. The first-order valence-corrected chi connectivity index (χ1v) is 11.1. The number of carbonyl (C=O) groups is 1. The molecule has 0 aromatic heterocycles. The van der Waals surface area contributed by atoms with Gasteiger partial charge in [0.05, 0.1) is 0 Å². The van der Waals surface area contributed by atoms with Gasteiger partial charge in [0.15, 0.2) is 0 Å². The molecule has 1 N–H and O–H groups in total. The molecule has 2 aliphatic rings. The molecule has 1 amide bonds. The van der Waals surface area contributed by atoms with E-state index in [2.05, 4.69) is 5.32 Å². The Balaban J connectivity index is 1.53. The second-order valence-corrected chi connectivity index (χ2v) is 9.46. The van der Waals surface area contributed by atoms with Gasteiger partial charge in [-0.25, -0.2) is 17.2 Å². The number of amides is 1. The number of halogens is 2. The molecule has 2 aliphatic heterocycles. The molecule has 4 rings (SSSR count). The molecule has 154 valence electrons. The Labute approximate surface area is 168 Å². The molecule has 0 aliphatic carbocycles. The number of carbonyl (C=O) groups excluding carboxylic acids is 1. The van der Waals surface area contributed by atoms with Gasteiger partial charge in [0.25, 0.3) is 5.91 Å². The third kappa shape index (κ3) is 3.91. The molecule has 2 aromatic rings. The Hall–Kier alpha value is -2.32. The van der Waals surface area contributed by atoms with Crippen LogP contribution < -0.4 is 5.32 Å². The highest BCUT2D eigenvalue weighted by molar-refractivity contribution is 7.89. The van der Waals surface area contributed by atoms with Crippen LogP contribution in [0.2, 0.25) is 0 Å². The van der Waals surface area contributed by atoms with Gasteiger partial charge in [-0.3, -0.25) is 4.79 Å². The molecule has 2 atom stereocenters. The number of hydrogen-bond donors (Lipinski definition) is 1. The van der Waals surface area contributed by atoms with Crippen molar-refractivity contribution in [3.05, 3.63) is 65.7 Å². The zero-order valence-electron chi connectivity index (χ0n) is 15.7. The lowest BCUT2D eigenvalue weighted by molar-refractivity contribution is 0.0796. The first-order valence-electron chi connectivity index (χ1n) is 9.71. The fraction of sp³-hybridized carbons (Fsp3) is 0.381. The van der Waals surface area contributed by atoms with E-state index in [9.17, 15) is 22.0 Å². The quantitative estimate of drug-likeness (QED) is 0.824. The molecule has 2 aromatic carbocycles. The normalized spacial score (nSPS) is 24.8. The summed E-state index contributed by atoms with van der Waals surface area (Å²) in [5.74, 6) is -1.47. The van der Waals surface area contributed by atoms with E-state index in [0.717, 1.165) is 12.5 Å². The Morgan fingerprint density at radius 3 is 2.21 bits per heavy atom. The van der Waals surface area contributed by atoms with E-state index in [0.29, 0.717) is 31.2 Å². The van der Waals surface area contributed by atoms with Crippen molar-refractivity contribution >= 4 is 15.9 Å². The minimum Gasteiger partial charge on any atom is -0.349 e. The Bertz CT molecular complexity index is 997. The highest BCUT2D eigenvalue weighted by atomic mass is 32.2. The summed E-state index contributed by atoms with van der Waals surface area (Å²) in [7, 11) is -3.96. The van der Waals surface area contributed by atoms with Crippen molar-refractivity contribution in [2.45, 2.75) is 55.1 Å². The van der Waals surface area contributed by atoms with Crippen LogP contribution in [-0.4, -0.2) is 36.8 Å². The van der Waals surface area contributed by atoms with E-state index in [1.165, 1.54) is 46.8 Å². The van der Waals surface area contributed by atoms with Gasteiger partial charge in [-0.05, 0) is 62.1 Å². The molecule has 2 heterocycles. The fourth-order valence-electron chi connectivity index (χ4n) is 4.49. The van der Waals surface area contributed by atoms with Crippen molar-refractivity contribution < 1.29 is 22.0 Å². The summed E-state index contributed by atoms with van der Waals surface area (Å²) in [6.45, 7) is 0. The molecular formula is C21H22F2N2O3S. The average molecular weight is 420 g/mol. The van der Waals surface area contributed by atoms with Crippen LogP contribution in [-0.2, 0) is 10.0 Å². The molecule has 2 saturated heterocycles. The van der Waals surface area contributed by atoms with E-state index in [4.69, 9.17) is 0 Å². The maximum Gasteiger partial charge on any atom is 0.251 e. The topological polar surface area (TPSA) is 66.5 Å². The zero-order chi connectivity index (χ0) is 20.6. The van der Waals surface area contributed by atoms with Crippen LogP contribution in [0.1, 0.15) is 42.5 Å². The van der Waals surface area contributed by atoms with E-state index in [1.807, 2.05) is 0 Å². The number of piperidine rings is 2. The van der Waals surface area contributed by atoms with E-state index < -0.39 is 21.7 Å². The van der Waals surface area contributed by atoms with Crippen LogP contribution in [0, 0.1) is 11.6 Å². The van der Waals surface area contributed by atoms with Gasteiger partial charge in [-0.2, -0.15) is 4.31 Å². The van der Waals surface area contributed by atoms with Crippen LogP contribution in [0.5, 0.6) is 0 Å².